The second-order valence-corrected chi connectivity index (χ2v) is 7.51. The summed E-state index contributed by atoms with van der Waals surface area (Å²) in [6.45, 7) is 5.62. The summed E-state index contributed by atoms with van der Waals surface area (Å²) in [7, 11) is 0. The van der Waals surface area contributed by atoms with Crippen molar-refractivity contribution in [2.45, 2.75) is 57.8 Å². The van der Waals surface area contributed by atoms with E-state index in [2.05, 4.69) is 25.6 Å². The highest BCUT2D eigenvalue weighted by molar-refractivity contribution is 5.65. The first-order valence-electron chi connectivity index (χ1n) is 10.00. The van der Waals surface area contributed by atoms with E-state index in [1.807, 2.05) is 12.1 Å². The minimum atomic E-state index is -0.984. The van der Waals surface area contributed by atoms with Crippen molar-refractivity contribution in [1.29, 1.82) is 0 Å². The Bertz CT molecular complexity index is 759. The van der Waals surface area contributed by atoms with E-state index in [0.717, 1.165) is 12.2 Å². The van der Waals surface area contributed by atoms with E-state index < -0.39 is 11.6 Å². The summed E-state index contributed by atoms with van der Waals surface area (Å²) < 4.78 is 33.4. The summed E-state index contributed by atoms with van der Waals surface area (Å²) in [6.07, 6.45) is 10.1. The molecule has 0 aromatic heterocycles. The summed E-state index contributed by atoms with van der Waals surface area (Å²) in [4.78, 5) is 0. The quantitative estimate of drug-likeness (QED) is 0.456. The molecule has 2 aromatic carbocycles. The zero-order valence-electron chi connectivity index (χ0n) is 16.0. The molecule has 0 spiro atoms. The molecule has 1 saturated carbocycles. The van der Waals surface area contributed by atoms with E-state index in [9.17, 15) is 8.78 Å². The monoisotopic (exact) mass is 370 g/mol. The molecule has 0 heterocycles. The second kappa shape index (κ2) is 9.16. The maximum Gasteiger partial charge on any atom is 0.201 e. The Morgan fingerprint density at radius 2 is 1.70 bits per heavy atom. The van der Waals surface area contributed by atoms with Crippen LogP contribution in [-0.4, -0.2) is 0 Å². The Kier molecular flexibility index (Phi) is 6.65. The lowest BCUT2D eigenvalue weighted by molar-refractivity contribution is 0.304. The summed E-state index contributed by atoms with van der Waals surface area (Å²) >= 11 is 0. The minimum absolute atomic E-state index is 0.150. The predicted octanol–water partition coefficient (Wildman–Crippen LogP) is 7.62. The van der Waals surface area contributed by atoms with Crippen LogP contribution in [0, 0.1) is 17.6 Å². The van der Waals surface area contributed by atoms with Crippen molar-refractivity contribution >= 4 is 0 Å². The first kappa shape index (κ1) is 19.6. The third-order valence-electron chi connectivity index (χ3n) is 5.76. The molecule has 0 amide bonds. The van der Waals surface area contributed by atoms with Crippen LogP contribution in [0.1, 0.15) is 63.4 Å². The van der Waals surface area contributed by atoms with E-state index in [1.54, 1.807) is 6.07 Å². The average Bonchev–Trinajstić information content (AvgIpc) is 2.71. The van der Waals surface area contributed by atoms with Gasteiger partial charge in [-0.25, -0.2) is 4.39 Å². The molecule has 0 unspecified atom stereocenters. The number of unbranched alkanes of at least 4 members (excludes halogenated alkanes) is 1. The largest absolute Gasteiger partial charge is 0.462 e. The molecule has 1 aliphatic rings. The first-order chi connectivity index (χ1) is 13.1. The Balaban J connectivity index is 1.69. The second-order valence-electron chi connectivity index (χ2n) is 7.51. The molecular weight excluding hydrogens is 342 g/mol. The highest BCUT2D eigenvalue weighted by Gasteiger charge is 2.22. The number of ether oxygens (including phenoxy) is 1. The molecule has 1 fully saturated rings. The number of hydrogen-bond acceptors (Lipinski definition) is 1. The Hall–Kier alpha value is -2.16. The van der Waals surface area contributed by atoms with Crippen LogP contribution >= 0.6 is 0 Å². The normalized spacial score (nSPS) is 19.7. The van der Waals surface area contributed by atoms with Crippen molar-refractivity contribution in [2.75, 3.05) is 0 Å². The molecule has 0 radical (unpaired) electrons. The van der Waals surface area contributed by atoms with Crippen LogP contribution in [0.2, 0.25) is 0 Å². The van der Waals surface area contributed by atoms with Gasteiger partial charge < -0.3 is 4.74 Å². The van der Waals surface area contributed by atoms with Crippen molar-refractivity contribution in [3.05, 3.63) is 66.4 Å². The van der Waals surface area contributed by atoms with Gasteiger partial charge in [0, 0.05) is 5.56 Å². The fourth-order valence-corrected chi connectivity index (χ4v) is 4.15. The lowest BCUT2D eigenvalue weighted by Gasteiger charge is -2.29. The van der Waals surface area contributed by atoms with Crippen LogP contribution in [0.3, 0.4) is 0 Å². The molecule has 0 N–H and O–H groups in total. The van der Waals surface area contributed by atoms with Crippen molar-refractivity contribution in [2.24, 2.45) is 5.92 Å². The van der Waals surface area contributed by atoms with Crippen LogP contribution in [0.5, 0.6) is 5.75 Å². The molecule has 1 nitrogen and oxygen atoms in total. The van der Waals surface area contributed by atoms with Gasteiger partial charge in [-0.1, -0.05) is 57.0 Å². The zero-order chi connectivity index (χ0) is 19.2. The molecular formula is C24H28F2O. The van der Waals surface area contributed by atoms with Gasteiger partial charge in [0.1, 0.15) is 0 Å². The fraction of sp³-hybridized carbons (Fsp3) is 0.417. The van der Waals surface area contributed by atoms with E-state index in [4.69, 9.17) is 4.74 Å². The molecule has 3 heteroatoms. The number of rotatable bonds is 7. The number of benzene rings is 2. The minimum Gasteiger partial charge on any atom is -0.462 e. The van der Waals surface area contributed by atoms with Gasteiger partial charge in [0.05, 0.1) is 6.26 Å². The number of hydrogen-bond donors (Lipinski definition) is 0. The Labute approximate surface area is 161 Å². The van der Waals surface area contributed by atoms with Gasteiger partial charge in [0.25, 0.3) is 0 Å². The zero-order valence-corrected chi connectivity index (χ0v) is 16.0. The molecule has 1 aliphatic carbocycles. The van der Waals surface area contributed by atoms with E-state index in [1.165, 1.54) is 56.6 Å². The smallest absolute Gasteiger partial charge is 0.201 e. The van der Waals surface area contributed by atoms with Gasteiger partial charge in [0.15, 0.2) is 11.6 Å². The molecule has 3 rings (SSSR count). The van der Waals surface area contributed by atoms with Gasteiger partial charge >= 0.3 is 0 Å². The third-order valence-corrected chi connectivity index (χ3v) is 5.76. The molecule has 0 saturated heterocycles. The topological polar surface area (TPSA) is 9.23 Å². The number of halogens is 2. The van der Waals surface area contributed by atoms with Gasteiger partial charge in [-0.05, 0) is 60.8 Å². The standard InChI is InChI=1S/C24H28F2O/c1-3-5-6-17-7-9-18(10-8-17)19-11-13-20(14-12-19)21-15-16-22(27-4-2)24(26)23(21)25/h4,11-18H,2-3,5-10H2,1H3. The van der Waals surface area contributed by atoms with Crippen molar-refractivity contribution < 1.29 is 13.5 Å². The first-order valence-corrected chi connectivity index (χ1v) is 10.00. The molecule has 144 valence electrons. The SMILES string of the molecule is C=COc1ccc(-c2ccc(C3CCC(CCCC)CC3)cc2)c(F)c1F. The maximum atomic E-state index is 14.4. The summed E-state index contributed by atoms with van der Waals surface area (Å²) in [5.74, 6) is -0.557. The molecule has 2 aromatic rings. The molecule has 0 atom stereocenters. The molecule has 27 heavy (non-hydrogen) atoms. The van der Waals surface area contributed by atoms with Gasteiger partial charge in [-0.15, -0.1) is 0 Å². The molecule has 0 bridgehead atoms. The predicted molar refractivity (Wildman–Crippen MR) is 107 cm³/mol. The Morgan fingerprint density at radius 1 is 1.00 bits per heavy atom. The maximum absolute atomic E-state index is 14.4. The van der Waals surface area contributed by atoms with E-state index >= 15 is 0 Å². The van der Waals surface area contributed by atoms with E-state index in [-0.39, 0.29) is 11.3 Å². The lowest BCUT2D eigenvalue weighted by atomic mass is 9.77. The van der Waals surface area contributed by atoms with E-state index in [0.29, 0.717) is 11.5 Å². The van der Waals surface area contributed by atoms with Crippen molar-refractivity contribution in [3.8, 4) is 16.9 Å². The van der Waals surface area contributed by atoms with Crippen LogP contribution in [0.15, 0.2) is 49.2 Å². The highest BCUT2D eigenvalue weighted by Crippen LogP contribution is 2.38. The fourth-order valence-electron chi connectivity index (χ4n) is 4.15. The van der Waals surface area contributed by atoms with Crippen LogP contribution in [0.4, 0.5) is 8.78 Å². The van der Waals surface area contributed by atoms with Gasteiger partial charge in [-0.2, -0.15) is 4.39 Å². The Morgan fingerprint density at radius 3 is 2.33 bits per heavy atom. The van der Waals surface area contributed by atoms with Crippen LogP contribution < -0.4 is 4.74 Å². The average molecular weight is 370 g/mol. The lowest BCUT2D eigenvalue weighted by Crippen LogP contribution is -2.13. The van der Waals surface area contributed by atoms with Crippen molar-refractivity contribution in [1.82, 2.24) is 0 Å². The highest BCUT2D eigenvalue weighted by atomic mass is 19.2. The van der Waals surface area contributed by atoms with Gasteiger partial charge in [-0.3, -0.25) is 0 Å². The molecule has 0 aliphatic heterocycles. The summed E-state index contributed by atoms with van der Waals surface area (Å²) in [6, 6.07) is 10.9. The van der Waals surface area contributed by atoms with Gasteiger partial charge in [0.2, 0.25) is 5.82 Å². The summed E-state index contributed by atoms with van der Waals surface area (Å²) in [5.41, 5.74) is 2.23. The van der Waals surface area contributed by atoms with Crippen LogP contribution in [-0.2, 0) is 0 Å². The third kappa shape index (κ3) is 4.58. The summed E-state index contributed by atoms with van der Waals surface area (Å²) in [5, 5.41) is 0. The van der Waals surface area contributed by atoms with Crippen molar-refractivity contribution in [3.63, 3.8) is 0 Å². The van der Waals surface area contributed by atoms with Crippen LogP contribution in [0.25, 0.3) is 11.1 Å².